The average Bonchev–Trinajstić information content (AvgIpc) is 3.07. The number of carbonyl (C=O) groups is 2. The van der Waals surface area contributed by atoms with E-state index in [1.165, 1.54) is 40.1 Å². The summed E-state index contributed by atoms with van der Waals surface area (Å²) in [6, 6.07) is 6.36. The summed E-state index contributed by atoms with van der Waals surface area (Å²) in [5.74, 6) is -1.12. The minimum atomic E-state index is -0.978. The fourth-order valence-corrected chi connectivity index (χ4v) is 3.69. The van der Waals surface area contributed by atoms with Crippen molar-refractivity contribution in [2.24, 2.45) is 4.99 Å². The number of amidine groups is 1. The highest BCUT2D eigenvalue weighted by molar-refractivity contribution is 8.18. The van der Waals surface area contributed by atoms with Crippen molar-refractivity contribution in [2.75, 3.05) is 7.05 Å². The molecule has 0 radical (unpaired) electrons. The summed E-state index contributed by atoms with van der Waals surface area (Å²) >= 11 is 2.70. The number of hydrogen-bond acceptors (Lipinski definition) is 6. The fraction of sp³-hybridized carbons (Fsp3) is 0.125. The second kappa shape index (κ2) is 6.58. The monoisotopic (exact) mass is 359 g/mol. The van der Waals surface area contributed by atoms with Crippen LogP contribution in [0.5, 0.6) is 0 Å². The van der Waals surface area contributed by atoms with E-state index in [1.54, 1.807) is 25.3 Å². The van der Waals surface area contributed by atoms with Crippen LogP contribution in [-0.2, 0) is 4.79 Å². The van der Waals surface area contributed by atoms with Gasteiger partial charge in [0.25, 0.3) is 5.91 Å². The van der Waals surface area contributed by atoms with Crippen LogP contribution in [0.3, 0.4) is 0 Å². The van der Waals surface area contributed by atoms with Gasteiger partial charge in [0.1, 0.15) is 0 Å². The normalized spacial score (nSPS) is 17.9. The summed E-state index contributed by atoms with van der Waals surface area (Å²) in [5, 5.41) is 12.0. The number of rotatable bonds is 3. The van der Waals surface area contributed by atoms with E-state index in [9.17, 15) is 9.59 Å². The van der Waals surface area contributed by atoms with Crippen molar-refractivity contribution < 1.29 is 14.7 Å². The number of nitrogens with zero attached hydrogens (tertiary/aromatic N) is 3. The standard InChI is InChI=1S/C16H13N3O3S2/c1-9-8-23-15(17-9)18-16-19(2)13(20)12(24-16)7-10-3-5-11(6-4-10)14(21)22/h3-8H,1-2H3,(H,21,22)/b12-7-,18-16+. The highest BCUT2D eigenvalue weighted by Gasteiger charge is 2.30. The number of aliphatic imine (C=N–C) groups is 1. The maximum absolute atomic E-state index is 12.3. The number of thiazole rings is 1. The molecule has 1 aromatic heterocycles. The Balaban J connectivity index is 1.85. The summed E-state index contributed by atoms with van der Waals surface area (Å²) < 4.78 is 0. The van der Waals surface area contributed by atoms with E-state index in [-0.39, 0.29) is 11.5 Å². The van der Waals surface area contributed by atoms with E-state index in [1.807, 2.05) is 12.3 Å². The number of carboxylic acids is 1. The number of benzene rings is 1. The van der Waals surface area contributed by atoms with Gasteiger partial charge in [0.2, 0.25) is 5.13 Å². The summed E-state index contributed by atoms with van der Waals surface area (Å²) in [4.78, 5) is 33.9. The molecule has 1 aliphatic rings. The maximum atomic E-state index is 12.3. The quantitative estimate of drug-likeness (QED) is 0.850. The zero-order valence-electron chi connectivity index (χ0n) is 12.9. The lowest BCUT2D eigenvalue weighted by molar-refractivity contribution is -0.121. The fourth-order valence-electron chi connectivity index (χ4n) is 2.00. The maximum Gasteiger partial charge on any atom is 0.335 e. The number of aromatic carboxylic acids is 1. The molecule has 0 atom stereocenters. The van der Waals surface area contributed by atoms with Crippen LogP contribution < -0.4 is 0 Å². The Morgan fingerprint density at radius 3 is 2.62 bits per heavy atom. The van der Waals surface area contributed by atoms with E-state index < -0.39 is 5.97 Å². The highest BCUT2D eigenvalue weighted by Crippen LogP contribution is 2.33. The van der Waals surface area contributed by atoms with E-state index in [4.69, 9.17) is 5.11 Å². The Morgan fingerprint density at radius 2 is 2.04 bits per heavy atom. The van der Waals surface area contributed by atoms with Crippen LogP contribution in [-0.4, -0.2) is 39.1 Å². The third kappa shape index (κ3) is 3.39. The van der Waals surface area contributed by atoms with Crippen LogP contribution in [0.4, 0.5) is 5.13 Å². The zero-order chi connectivity index (χ0) is 17.3. The van der Waals surface area contributed by atoms with Crippen molar-refractivity contribution in [2.45, 2.75) is 6.92 Å². The lowest BCUT2D eigenvalue weighted by atomic mass is 10.1. The minimum absolute atomic E-state index is 0.144. The molecule has 0 bridgehead atoms. The van der Waals surface area contributed by atoms with Gasteiger partial charge in [-0.2, -0.15) is 4.99 Å². The van der Waals surface area contributed by atoms with Gasteiger partial charge in [-0.15, -0.1) is 11.3 Å². The predicted molar refractivity (Wildman–Crippen MR) is 95.7 cm³/mol. The van der Waals surface area contributed by atoms with Crippen molar-refractivity contribution in [3.63, 3.8) is 0 Å². The molecule has 2 aromatic rings. The van der Waals surface area contributed by atoms with Crippen molar-refractivity contribution in [1.82, 2.24) is 9.88 Å². The lowest BCUT2D eigenvalue weighted by Gasteiger charge is -2.05. The molecule has 1 aliphatic heterocycles. The third-order valence-electron chi connectivity index (χ3n) is 3.26. The van der Waals surface area contributed by atoms with Crippen LogP contribution in [0.2, 0.25) is 0 Å². The second-order valence-electron chi connectivity index (χ2n) is 5.07. The minimum Gasteiger partial charge on any atom is -0.478 e. The topological polar surface area (TPSA) is 82.9 Å². The molecule has 8 heteroatoms. The molecule has 6 nitrogen and oxygen atoms in total. The summed E-state index contributed by atoms with van der Waals surface area (Å²) in [6.07, 6.45) is 1.73. The highest BCUT2D eigenvalue weighted by atomic mass is 32.2. The number of hydrogen-bond donors (Lipinski definition) is 1. The molecular formula is C16H13N3O3S2. The van der Waals surface area contributed by atoms with Crippen molar-refractivity contribution in [1.29, 1.82) is 0 Å². The van der Waals surface area contributed by atoms with Gasteiger partial charge < -0.3 is 5.11 Å². The van der Waals surface area contributed by atoms with Gasteiger partial charge in [-0.1, -0.05) is 12.1 Å². The van der Waals surface area contributed by atoms with Gasteiger partial charge >= 0.3 is 5.97 Å². The molecule has 1 amide bonds. The average molecular weight is 359 g/mol. The molecular weight excluding hydrogens is 346 g/mol. The summed E-state index contributed by atoms with van der Waals surface area (Å²) in [7, 11) is 1.67. The lowest BCUT2D eigenvalue weighted by Crippen LogP contribution is -2.23. The Morgan fingerprint density at radius 1 is 1.33 bits per heavy atom. The van der Waals surface area contributed by atoms with E-state index in [0.717, 1.165) is 11.3 Å². The Labute approximate surface area is 146 Å². The van der Waals surface area contributed by atoms with Gasteiger partial charge in [-0.3, -0.25) is 9.69 Å². The molecule has 2 heterocycles. The van der Waals surface area contributed by atoms with E-state index >= 15 is 0 Å². The van der Waals surface area contributed by atoms with Crippen LogP contribution in [0.25, 0.3) is 6.08 Å². The van der Waals surface area contributed by atoms with Gasteiger partial charge in [-0.25, -0.2) is 9.78 Å². The Kier molecular flexibility index (Phi) is 4.50. The van der Waals surface area contributed by atoms with Gasteiger partial charge in [0, 0.05) is 12.4 Å². The van der Waals surface area contributed by atoms with Gasteiger partial charge in [0.15, 0.2) is 5.17 Å². The molecule has 1 saturated heterocycles. The zero-order valence-corrected chi connectivity index (χ0v) is 14.5. The van der Waals surface area contributed by atoms with Crippen molar-refractivity contribution in [3.8, 4) is 0 Å². The Hall–Kier alpha value is -2.45. The number of aromatic nitrogens is 1. The molecule has 1 aromatic carbocycles. The third-order valence-corrected chi connectivity index (χ3v) is 5.17. The molecule has 0 unspecified atom stereocenters. The van der Waals surface area contributed by atoms with Crippen LogP contribution in [0, 0.1) is 6.92 Å². The van der Waals surface area contributed by atoms with Crippen molar-refractivity contribution in [3.05, 3.63) is 51.4 Å². The summed E-state index contributed by atoms with van der Waals surface area (Å²) in [5.41, 5.74) is 1.86. The second-order valence-corrected chi connectivity index (χ2v) is 6.91. The molecule has 0 spiro atoms. The molecule has 24 heavy (non-hydrogen) atoms. The van der Waals surface area contributed by atoms with Crippen LogP contribution in [0.15, 0.2) is 39.5 Å². The number of carboxylic acid groups (broad SMARTS) is 1. The summed E-state index contributed by atoms with van der Waals surface area (Å²) in [6.45, 7) is 1.89. The number of carbonyl (C=O) groups excluding carboxylic acids is 1. The first-order valence-corrected chi connectivity index (χ1v) is 8.65. The van der Waals surface area contributed by atoms with E-state index in [0.29, 0.717) is 15.2 Å². The van der Waals surface area contributed by atoms with Gasteiger partial charge in [-0.05, 0) is 42.5 Å². The number of amides is 1. The Bertz CT molecular complexity index is 869. The first kappa shape index (κ1) is 16.4. The smallest absolute Gasteiger partial charge is 0.335 e. The molecule has 1 N–H and O–H groups in total. The number of thioether (sulfide) groups is 1. The van der Waals surface area contributed by atoms with Crippen LogP contribution >= 0.6 is 23.1 Å². The number of likely N-dealkylation sites (N-methyl/N-ethyl adjacent to an activating group) is 1. The molecule has 3 rings (SSSR count). The first-order chi connectivity index (χ1) is 11.4. The van der Waals surface area contributed by atoms with E-state index in [2.05, 4.69) is 9.98 Å². The first-order valence-electron chi connectivity index (χ1n) is 6.96. The van der Waals surface area contributed by atoms with Crippen molar-refractivity contribution >= 4 is 51.4 Å². The molecule has 0 aliphatic carbocycles. The number of aryl methyl sites for hydroxylation is 1. The SMILES string of the molecule is Cc1csc(/N=C2/S/C(=C\c3ccc(C(=O)O)cc3)C(=O)N2C)n1. The molecule has 122 valence electrons. The molecule has 0 saturated carbocycles. The molecule has 1 fully saturated rings. The van der Waals surface area contributed by atoms with Gasteiger partial charge in [0.05, 0.1) is 16.2 Å². The predicted octanol–water partition coefficient (Wildman–Crippen LogP) is 3.38. The van der Waals surface area contributed by atoms with Crippen LogP contribution in [0.1, 0.15) is 21.6 Å². The largest absolute Gasteiger partial charge is 0.478 e.